The normalized spacial score (nSPS) is 13.6. The third-order valence-electron chi connectivity index (χ3n) is 3.57. The molecule has 0 heterocycles. The number of aryl methyl sites for hydroxylation is 2. The Hall–Kier alpha value is -1.84. The van der Waals surface area contributed by atoms with Gasteiger partial charge in [0, 0.05) is 5.92 Å². The standard InChI is InChI=1S/C16H23NO3/c1-5-6-11(3)15(18)17-14(16(19)20)13-8-7-10(2)12(4)9-13/h7-9,11,14H,5-6H2,1-4H3,(H,17,18)(H,19,20). The van der Waals surface area contributed by atoms with Crippen LogP contribution in [0.15, 0.2) is 18.2 Å². The quantitative estimate of drug-likeness (QED) is 0.840. The van der Waals surface area contributed by atoms with Crippen LogP contribution in [0.1, 0.15) is 49.4 Å². The van der Waals surface area contributed by atoms with Crippen molar-refractivity contribution in [2.75, 3.05) is 0 Å². The van der Waals surface area contributed by atoms with Gasteiger partial charge in [-0.3, -0.25) is 4.79 Å². The van der Waals surface area contributed by atoms with Gasteiger partial charge in [-0.1, -0.05) is 38.5 Å². The largest absolute Gasteiger partial charge is 0.479 e. The fourth-order valence-electron chi connectivity index (χ4n) is 2.08. The summed E-state index contributed by atoms with van der Waals surface area (Å²) in [5, 5.41) is 12.0. The molecular weight excluding hydrogens is 254 g/mol. The Balaban J connectivity index is 2.92. The number of hydrogen-bond acceptors (Lipinski definition) is 2. The van der Waals surface area contributed by atoms with Gasteiger partial charge < -0.3 is 10.4 Å². The SMILES string of the molecule is CCCC(C)C(=O)NC(C(=O)O)c1ccc(C)c(C)c1. The Bertz CT molecular complexity index is 496. The number of carboxylic acid groups (broad SMARTS) is 1. The van der Waals surface area contributed by atoms with E-state index in [9.17, 15) is 14.7 Å². The van der Waals surface area contributed by atoms with Crippen LogP contribution in [0.4, 0.5) is 0 Å². The van der Waals surface area contributed by atoms with E-state index in [-0.39, 0.29) is 11.8 Å². The fraction of sp³-hybridized carbons (Fsp3) is 0.500. The first-order valence-corrected chi connectivity index (χ1v) is 6.97. The molecule has 1 rings (SSSR count). The zero-order chi connectivity index (χ0) is 15.3. The van der Waals surface area contributed by atoms with Gasteiger partial charge in [-0.2, -0.15) is 0 Å². The predicted octanol–water partition coefficient (Wildman–Crippen LogP) is 2.98. The summed E-state index contributed by atoms with van der Waals surface area (Å²) in [7, 11) is 0. The first-order chi connectivity index (χ1) is 9.36. The van der Waals surface area contributed by atoms with E-state index in [1.165, 1.54) is 0 Å². The zero-order valence-electron chi connectivity index (χ0n) is 12.6. The average molecular weight is 277 g/mol. The Kier molecular flexibility index (Phi) is 5.74. The van der Waals surface area contributed by atoms with Crippen LogP contribution in [-0.4, -0.2) is 17.0 Å². The van der Waals surface area contributed by atoms with Gasteiger partial charge in [0.2, 0.25) is 5.91 Å². The highest BCUT2D eigenvalue weighted by Crippen LogP contribution is 2.18. The van der Waals surface area contributed by atoms with Gasteiger partial charge in [-0.05, 0) is 37.0 Å². The molecule has 0 bridgehead atoms. The van der Waals surface area contributed by atoms with E-state index in [1.54, 1.807) is 6.07 Å². The second-order valence-electron chi connectivity index (χ2n) is 5.31. The minimum Gasteiger partial charge on any atom is -0.479 e. The van der Waals surface area contributed by atoms with E-state index in [0.29, 0.717) is 5.56 Å². The van der Waals surface area contributed by atoms with Crippen molar-refractivity contribution in [3.05, 3.63) is 34.9 Å². The first-order valence-electron chi connectivity index (χ1n) is 6.97. The van der Waals surface area contributed by atoms with Gasteiger partial charge in [0.15, 0.2) is 6.04 Å². The van der Waals surface area contributed by atoms with Gasteiger partial charge in [0.05, 0.1) is 0 Å². The predicted molar refractivity (Wildman–Crippen MR) is 78.5 cm³/mol. The third kappa shape index (κ3) is 4.08. The molecule has 2 N–H and O–H groups in total. The molecule has 0 radical (unpaired) electrons. The highest BCUT2D eigenvalue weighted by molar-refractivity contribution is 5.85. The fourth-order valence-corrected chi connectivity index (χ4v) is 2.08. The van der Waals surface area contributed by atoms with Crippen molar-refractivity contribution < 1.29 is 14.7 Å². The molecule has 110 valence electrons. The number of carbonyl (C=O) groups is 2. The van der Waals surface area contributed by atoms with E-state index in [4.69, 9.17) is 0 Å². The van der Waals surface area contributed by atoms with E-state index in [0.717, 1.165) is 24.0 Å². The second kappa shape index (κ2) is 7.08. The molecule has 0 saturated carbocycles. The van der Waals surface area contributed by atoms with Gasteiger partial charge in [0.25, 0.3) is 0 Å². The topological polar surface area (TPSA) is 66.4 Å². The van der Waals surface area contributed by atoms with Crippen LogP contribution in [-0.2, 0) is 9.59 Å². The van der Waals surface area contributed by atoms with E-state index in [1.807, 2.05) is 39.8 Å². The van der Waals surface area contributed by atoms with Crippen molar-refractivity contribution in [1.82, 2.24) is 5.32 Å². The number of carbonyl (C=O) groups excluding carboxylic acids is 1. The van der Waals surface area contributed by atoms with Crippen LogP contribution in [0.2, 0.25) is 0 Å². The molecule has 2 unspecified atom stereocenters. The van der Waals surface area contributed by atoms with Crippen LogP contribution in [0.5, 0.6) is 0 Å². The van der Waals surface area contributed by atoms with Crippen molar-refractivity contribution in [3.63, 3.8) is 0 Å². The number of hydrogen-bond donors (Lipinski definition) is 2. The molecule has 2 atom stereocenters. The molecule has 0 fully saturated rings. The lowest BCUT2D eigenvalue weighted by Crippen LogP contribution is -2.37. The molecule has 0 spiro atoms. The zero-order valence-corrected chi connectivity index (χ0v) is 12.6. The van der Waals surface area contributed by atoms with Crippen LogP contribution >= 0.6 is 0 Å². The molecule has 4 nitrogen and oxygen atoms in total. The minimum atomic E-state index is -1.04. The maximum absolute atomic E-state index is 12.0. The summed E-state index contributed by atoms with van der Waals surface area (Å²) < 4.78 is 0. The summed E-state index contributed by atoms with van der Waals surface area (Å²) in [5.41, 5.74) is 2.73. The molecule has 0 aliphatic heterocycles. The smallest absolute Gasteiger partial charge is 0.330 e. The average Bonchev–Trinajstić information content (AvgIpc) is 2.39. The third-order valence-corrected chi connectivity index (χ3v) is 3.57. The van der Waals surface area contributed by atoms with Crippen molar-refractivity contribution in [2.24, 2.45) is 5.92 Å². The van der Waals surface area contributed by atoms with Crippen molar-refractivity contribution in [1.29, 1.82) is 0 Å². The Morgan fingerprint density at radius 2 is 1.90 bits per heavy atom. The number of benzene rings is 1. The number of nitrogens with one attached hydrogen (secondary N) is 1. The van der Waals surface area contributed by atoms with Crippen LogP contribution in [0.25, 0.3) is 0 Å². The van der Waals surface area contributed by atoms with E-state index >= 15 is 0 Å². The van der Waals surface area contributed by atoms with Gasteiger partial charge in [0.1, 0.15) is 0 Å². The summed E-state index contributed by atoms with van der Waals surface area (Å²) in [4.78, 5) is 23.4. The summed E-state index contributed by atoms with van der Waals surface area (Å²) in [6, 6.07) is 4.47. The molecular formula is C16H23NO3. The van der Waals surface area contributed by atoms with Gasteiger partial charge in [-0.25, -0.2) is 4.79 Å². The van der Waals surface area contributed by atoms with Crippen molar-refractivity contribution in [2.45, 2.75) is 46.6 Å². The van der Waals surface area contributed by atoms with Gasteiger partial charge in [-0.15, -0.1) is 0 Å². The minimum absolute atomic E-state index is 0.173. The molecule has 1 amide bonds. The van der Waals surface area contributed by atoms with Crippen molar-refractivity contribution >= 4 is 11.9 Å². The lowest BCUT2D eigenvalue weighted by atomic mass is 9.99. The monoisotopic (exact) mass is 277 g/mol. The van der Waals surface area contributed by atoms with E-state index < -0.39 is 12.0 Å². The molecule has 0 aromatic heterocycles. The van der Waals surface area contributed by atoms with Crippen molar-refractivity contribution in [3.8, 4) is 0 Å². The molecule has 1 aromatic rings. The number of amides is 1. The number of aliphatic carboxylic acids is 1. The molecule has 20 heavy (non-hydrogen) atoms. The highest BCUT2D eigenvalue weighted by Gasteiger charge is 2.24. The van der Waals surface area contributed by atoms with Crippen LogP contribution in [0.3, 0.4) is 0 Å². The lowest BCUT2D eigenvalue weighted by Gasteiger charge is -2.18. The van der Waals surface area contributed by atoms with Gasteiger partial charge >= 0.3 is 5.97 Å². The maximum Gasteiger partial charge on any atom is 0.330 e. The summed E-state index contributed by atoms with van der Waals surface area (Å²) in [5.74, 6) is -1.42. The number of carboxylic acids is 1. The molecule has 0 saturated heterocycles. The Morgan fingerprint density at radius 3 is 2.40 bits per heavy atom. The second-order valence-corrected chi connectivity index (χ2v) is 5.31. The summed E-state index contributed by atoms with van der Waals surface area (Å²) >= 11 is 0. The molecule has 4 heteroatoms. The summed E-state index contributed by atoms with van der Waals surface area (Å²) in [6.07, 6.45) is 1.65. The van der Waals surface area contributed by atoms with Crippen LogP contribution in [0, 0.1) is 19.8 Å². The molecule has 0 aliphatic rings. The number of rotatable bonds is 6. The summed E-state index contributed by atoms with van der Waals surface area (Å²) in [6.45, 7) is 7.72. The Labute approximate surface area is 120 Å². The maximum atomic E-state index is 12.0. The first kappa shape index (κ1) is 16.2. The Morgan fingerprint density at radius 1 is 1.25 bits per heavy atom. The molecule has 1 aromatic carbocycles. The molecule has 0 aliphatic carbocycles. The lowest BCUT2D eigenvalue weighted by molar-refractivity contribution is -0.142. The van der Waals surface area contributed by atoms with E-state index in [2.05, 4.69) is 5.32 Å². The van der Waals surface area contributed by atoms with Crippen LogP contribution < -0.4 is 5.32 Å². The highest BCUT2D eigenvalue weighted by atomic mass is 16.4.